The summed E-state index contributed by atoms with van der Waals surface area (Å²) in [5.41, 5.74) is 7.72. The molecule has 0 unspecified atom stereocenters. The quantitative estimate of drug-likeness (QED) is 0.848. The molecular formula is C12H13N5. The van der Waals surface area contributed by atoms with Gasteiger partial charge in [-0.1, -0.05) is 13.8 Å². The molecular weight excluding hydrogens is 214 g/mol. The summed E-state index contributed by atoms with van der Waals surface area (Å²) in [5.74, 6) is 0.909. The first kappa shape index (κ1) is 11.1. The average Bonchev–Trinajstić information content (AvgIpc) is 2.78. The number of rotatable bonds is 2. The Morgan fingerprint density at radius 2 is 2.24 bits per heavy atom. The largest absolute Gasteiger partial charge is 0.396 e. The van der Waals surface area contributed by atoms with Crippen molar-refractivity contribution in [3.63, 3.8) is 0 Å². The van der Waals surface area contributed by atoms with Crippen molar-refractivity contribution >= 4 is 5.69 Å². The summed E-state index contributed by atoms with van der Waals surface area (Å²) in [5, 5.41) is 13.1. The lowest BCUT2D eigenvalue weighted by molar-refractivity contribution is 0.759. The van der Waals surface area contributed by atoms with Gasteiger partial charge in [-0.3, -0.25) is 0 Å². The third-order valence-electron chi connectivity index (χ3n) is 2.44. The number of anilines is 1. The molecule has 0 aliphatic heterocycles. The van der Waals surface area contributed by atoms with Crippen LogP contribution in [0.2, 0.25) is 0 Å². The minimum absolute atomic E-state index is 0.357. The molecule has 17 heavy (non-hydrogen) atoms. The number of nitriles is 1. The molecule has 2 N–H and O–H groups in total. The molecule has 86 valence electrons. The maximum atomic E-state index is 8.73. The van der Waals surface area contributed by atoms with Gasteiger partial charge in [-0.05, 0) is 18.1 Å². The van der Waals surface area contributed by atoms with Crippen LogP contribution in [-0.2, 0) is 0 Å². The lowest BCUT2D eigenvalue weighted by Gasteiger charge is -2.04. The fourth-order valence-electron chi connectivity index (χ4n) is 1.49. The van der Waals surface area contributed by atoms with Crippen LogP contribution < -0.4 is 5.73 Å². The first-order chi connectivity index (χ1) is 8.11. The molecule has 0 spiro atoms. The molecule has 0 aliphatic rings. The van der Waals surface area contributed by atoms with Gasteiger partial charge in [0.05, 0.1) is 16.9 Å². The van der Waals surface area contributed by atoms with Crippen molar-refractivity contribution in [3.8, 4) is 11.9 Å². The van der Waals surface area contributed by atoms with Crippen molar-refractivity contribution in [1.82, 2.24) is 14.8 Å². The van der Waals surface area contributed by atoms with Gasteiger partial charge >= 0.3 is 0 Å². The number of nitrogens with two attached hydrogens (primary N) is 1. The van der Waals surface area contributed by atoms with Crippen molar-refractivity contribution in [3.05, 3.63) is 35.8 Å². The number of aromatic nitrogens is 3. The molecule has 0 saturated carbocycles. The Hall–Kier alpha value is -2.35. The number of nitrogens with zero attached hydrogens (tertiary/aromatic N) is 4. The van der Waals surface area contributed by atoms with E-state index in [-0.39, 0.29) is 0 Å². The fraction of sp³-hybridized carbons (Fsp3) is 0.250. The maximum absolute atomic E-state index is 8.73. The molecule has 0 saturated heterocycles. The van der Waals surface area contributed by atoms with Gasteiger partial charge in [-0.15, -0.1) is 0 Å². The van der Waals surface area contributed by atoms with Gasteiger partial charge in [0.25, 0.3) is 0 Å². The molecule has 0 fully saturated rings. The van der Waals surface area contributed by atoms with Crippen molar-refractivity contribution in [2.45, 2.75) is 19.8 Å². The van der Waals surface area contributed by atoms with Crippen molar-refractivity contribution in [2.24, 2.45) is 0 Å². The van der Waals surface area contributed by atoms with E-state index in [1.165, 1.54) is 6.20 Å². The smallest absolute Gasteiger partial charge is 0.176 e. The summed E-state index contributed by atoms with van der Waals surface area (Å²) in [6.45, 7) is 4.14. The van der Waals surface area contributed by atoms with E-state index in [4.69, 9.17) is 11.0 Å². The Kier molecular flexibility index (Phi) is 2.79. The average molecular weight is 227 g/mol. The van der Waals surface area contributed by atoms with E-state index in [2.05, 4.69) is 23.9 Å². The first-order valence-corrected chi connectivity index (χ1v) is 5.33. The van der Waals surface area contributed by atoms with Gasteiger partial charge in [0, 0.05) is 12.4 Å². The third kappa shape index (κ3) is 2.11. The van der Waals surface area contributed by atoms with E-state index in [0.717, 1.165) is 5.69 Å². The van der Waals surface area contributed by atoms with Crippen LogP contribution in [0.1, 0.15) is 31.0 Å². The fourth-order valence-corrected chi connectivity index (χ4v) is 1.49. The van der Waals surface area contributed by atoms with E-state index in [1.54, 1.807) is 10.7 Å². The van der Waals surface area contributed by atoms with Crippen LogP contribution in [-0.4, -0.2) is 14.8 Å². The molecule has 5 nitrogen and oxygen atoms in total. The second-order valence-corrected chi connectivity index (χ2v) is 4.09. The first-order valence-electron chi connectivity index (χ1n) is 5.33. The van der Waals surface area contributed by atoms with Gasteiger partial charge in [-0.25, -0.2) is 9.67 Å². The SMILES string of the molecule is CC(C)c1ccn(-c2ncc(C#N)cc2N)n1. The van der Waals surface area contributed by atoms with Crippen molar-refractivity contribution in [2.75, 3.05) is 5.73 Å². The van der Waals surface area contributed by atoms with Crippen LogP contribution in [0.15, 0.2) is 24.5 Å². The van der Waals surface area contributed by atoms with E-state index in [0.29, 0.717) is 23.0 Å². The molecule has 2 aromatic rings. The molecule has 0 bridgehead atoms. The van der Waals surface area contributed by atoms with E-state index < -0.39 is 0 Å². The number of nitrogen functional groups attached to an aromatic ring is 1. The maximum Gasteiger partial charge on any atom is 0.176 e. The highest BCUT2D eigenvalue weighted by atomic mass is 15.3. The summed E-state index contributed by atoms with van der Waals surface area (Å²) in [7, 11) is 0. The van der Waals surface area contributed by atoms with Crippen LogP contribution in [0.3, 0.4) is 0 Å². The molecule has 0 aliphatic carbocycles. The van der Waals surface area contributed by atoms with Gasteiger partial charge in [-0.2, -0.15) is 10.4 Å². The predicted molar refractivity (Wildman–Crippen MR) is 64.6 cm³/mol. The Morgan fingerprint density at radius 1 is 1.47 bits per heavy atom. The molecule has 2 rings (SSSR count). The predicted octanol–water partition coefficient (Wildman–Crippen LogP) is 1.84. The molecule has 2 heterocycles. The van der Waals surface area contributed by atoms with Gasteiger partial charge in [0.1, 0.15) is 6.07 Å². The molecule has 0 atom stereocenters. The standard InChI is InChI=1S/C12H13N5/c1-8(2)11-3-4-17(16-11)12-10(14)5-9(6-13)7-15-12/h3-5,7-8H,14H2,1-2H3. The minimum atomic E-state index is 0.357. The summed E-state index contributed by atoms with van der Waals surface area (Å²) >= 11 is 0. The van der Waals surface area contributed by atoms with Crippen LogP contribution in [0.25, 0.3) is 5.82 Å². The highest BCUT2D eigenvalue weighted by molar-refractivity contribution is 5.55. The lowest BCUT2D eigenvalue weighted by Crippen LogP contribution is -2.04. The zero-order chi connectivity index (χ0) is 12.4. The zero-order valence-corrected chi connectivity index (χ0v) is 9.75. The number of hydrogen-bond donors (Lipinski definition) is 1. The van der Waals surface area contributed by atoms with Crippen LogP contribution in [0.5, 0.6) is 0 Å². The molecule has 2 aromatic heterocycles. The second kappa shape index (κ2) is 4.26. The van der Waals surface area contributed by atoms with Crippen molar-refractivity contribution in [1.29, 1.82) is 5.26 Å². The minimum Gasteiger partial charge on any atom is -0.396 e. The molecule has 0 amide bonds. The highest BCUT2D eigenvalue weighted by Crippen LogP contribution is 2.17. The monoisotopic (exact) mass is 227 g/mol. The number of pyridine rings is 1. The van der Waals surface area contributed by atoms with Crippen LogP contribution >= 0.6 is 0 Å². The Bertz CT molecular complexity index is 577. The van der Waals surface area contributed by atoms with Gasteiger partial charge in [0.2, 0.25) is 0 Å². The zero-order valence-electron chi connectivity index (χ0n) is 9.75. The lowest BCUT2D eigenvalue weighted by atomic mass is 10.1. The van der Waals surface area contributed by atoms with E-state index in [9.17, 15) is 0 Å². The summed E-state index contributed by atoms with van der Waals surface area (Å²) in [6, 6.07) is 5.53. The normalized spacial score (nSPS) is 10.5. The number of hydrogen-bond acceptors (Lipinski definition) is 4. The van der Waals surface area contributed by atoms with Crippen LogP contribution in [0, 0.1) is 11.3 Å². The highest BCUT2D eigenvalue weighted by Gasteiger charge is 2.08. The van der Waals surface area contributed by atoms with Gasteiger partial charge < -0.3 is 5.73 Å². The summed E-state index contributed by atoms with van der Waals surface area (Å²) in [4.78, 5) is 4.14. The van der Waals surface area contributed by atoms with Crippen molar-refractivity contribution < 1.29 is 0 Å². The summed E-state index contributed by atoms with van der Waals surface area (Å²) < 4.78 is 1.63. The topological polar surface area (TPSA) is 80.5 Å². The van der Waals surface area contributed by atoms with Crippen LogP contribution in [0.4, 0.5) is 5.69 Å². The Morgan fingerprint density at radius 3 is 2.76 bits per heavy atom. The molecule has 0 radical (unpaired) electrons. The molecule has 5 heteroatoms. The Labute approximate surface area is 99.5 Å². The van der Waals surface area contributed by atoms with E-state index in [1.807, 2.05) is 18.3 Å². The Balaban J connectivity index is 2.43. The van der Waals surface area contributed by atoms with Gasteiger partial charge in [0.15, 0.2) is 5.82 Å². The second-order valence-electron chi connectivity index (χ2n) is 4.09. The summed E-state index contributed by atoms with van der Waals surface area (Å²) in [6.07, 6.45) is 3.31. The van der Waals surface area contributed by atoms with E-state index >= 15 is 0 Å². The third-order valence-corrected chi connectivity index (χ3v) is 2.44. The molecule has 0 aromatic carbocycles.